The molecule has 3 heteroatoms. The largest absolute Gasteiger partial charge is 0.317 e. The van der Waals surface area contributed by atoms with Crippen molar-refractivity contribution in [1.82, 2.24) is 15.1 Å². The average Bonchev–Trinajstić information content (AvgIpc) is 2.97. The van der Waals surface area contributed by atoms with Crippen LogP contribution in [-0.2, 0) is 6.42 Å². The molecule has 17 heavy (non-hydrogen) atoms. The van der Waals surface area contributed by atoms with Gasteiger partial charge in [0.2, 0.25) is 0 Å². The fourth-order valence-corrected chi connectivity index (χ4v) is 2.85. The van der Waals surface area contributed by atoms with Crippen molar-refractivity contribution in [2.75, 3.05) is 7.05 Å². The SMILES string of the molecule is CCC(C)n1ccc(CC2CCCC2NC)n1. The van der Waals surface area contributed by atoms with Gasteiger partial charge in [-0.2, -0.15) is 5.10 Å². The predicted octanol–water partition coefficient (Wildman–Crippen LogP) is 2.78. The molecule has 0 spiro atoms. The molecule has 1 aliphatic carbocycles. The highest BCUT2D eigenvalue weighted by Crippen LogP contribution is 2.28. The van der Waals surface area contributed by atoms with Crippen molar-refractivity contribution in [2.24, 2.45) is 5.92 Å². The molecule has 1 aromatic rings. The lowest BCUT2D eigenvalue weighted by molar-refractivity contribution is 0.413. The summed E-state index contributed by atoms with van der Waals surface area (Å²) in [6.45, 7) is 4.43. The van der Waals surface area contributed by atoms with Crippen LogP contribution < -0.4 is 5.32 Å². The van der Waals surface area contributed by atoms with Crippen LogP contribution in [0.3, 0.4) is 0 Å². The fraction of sp³-hybridized carbons (Fsp3) is 0.786. The maximum atomic E-state index is 4.70. The summed E-state index contributed by atoms with van der Waals surface area (Å²) in [6, 6.07) is 3.41. The van der Waals surface area contributed by atoms with E-state index in [1.807, 2.05) is 0 Å². The van der Waals surface area contributed by atoms with E-state index in [1.54, 1.807) is 0 Å². The van der Waals surface area contributed by atoms with Crippen molar-refractivity contribution in [3.63, 3.8) is 0 Å². The second-order valence-electron chi connectivity index (χ2n) is 5.33. The summed E-state index contributed by atoms with van der Waals surface area (Å²) in [7, 11) is 2.08. The van der Waals surface area contributed by atoms with Gasteiger partial charge in [-0.3, -0.25) is 4.68 Å². The van der Waals surface area contributed by atoms with Crippen LogP contribution in [0.5, 0.6) is 0 Å². The predicted molar refractivity (Wildman–Crippen MR) is 71.1 cm³/mol. The highest BCUT2D eigenvalue weighted by Gasteiger charge is 2.26. The summed E-state index contributed by atoms with van der Waals surface area (Å²) >= 11 is 0. The van der Waals surface area contributed by atoms with Crippen LogP contribution in [0.1, 0.15) is 51.3 Å². The molecule has 1 fully saturated rings. The third kappa shape index (κ3) is 2.89. The zero-order valence-electron chi connectivity index (χ0n) is 11.3. The van der Waals surface area contributed by atoms with Gasteiger partial charge in [0.05, 0.1) is 5.69 Å². The molecule has 3 unspecified atom stereocenters. The van der Waals surface area contributed by atoms with E-state index >= 15 is 0 Å². The molecule has 2 rings (SSSR count). The van der Waals surface area contributed by atoms with Gasteiger partial charge in [-0.05, 0) is 51.6 Å². The Kier molecular flexibility index (Phi) is 4.21. The summed E-state index contributed by atoms with van der Waals surface area (Å²) in [5.74, 6) is 0.778. The number of hydrogen-bond acceptors (Lipinski definition) is 2. The average molecular weight is 235 g/mol. The maximum absolute atomic E-state index is 4.70. The first-order chi connectivity index (χ1) is 8.24. The molecular formula is C14H25N3. The van der Waals surface area contributed by atoms with Crippen molar-refractivity contribution >= 4 is 0 Å². The van der Waals surface area contributed by atoms with Gasteiger partial charge < -0.3 is 5.32 Å². The molecule has 0 aliphatic heterocycles. The van der Waals surface area contributed by atoms with Gasteiger partial charge in [0.15, 0.2) is 0 Å². The lowest BCUT2D eigenvalue weighted by Crippen LogP contribution is -2.30. The Bertz CT molecular complexity index is 345. The van der Waals surface area contributed by atoms with Crippen molar-refractivity contribution < 1.29 is 0 Å². The lowest BCUT2D eigenvalue weighted by Gasteiger charge is -2.17. The van der Waals surface area contributed by atoms with Gasteiger partial charge in [0, 0.05) is 18.3 Å². The Morgan fingerprint density at radius 2 is 2.35 bits per heavy atom. The third-order valence-electron chi connectivity index (χ3n) is 4.21. The van der Waals surface area contributed by atoms with Gasteiger partial charge in [-0.15, -0.1) is 0 Å². The zero-order chi connectivity index (χ0) is 12.3. The molecule has 3 nitrogen and oxygen atoms in total. The van der Waals surface area contributed by atoms with E-state index in [1.165, 1.54) is 25.0 Å². The van der Waals surface area contributed by atoms with Crippen molar-refractivity contribution in [3.8, 4) is 0 Å². The van der Waals surface area contributed by atoms with Crippen LogP contribution in [0, 0.1) is 5.92 Å². The molecule has 96 valence electrons. The summed E-state index contributed by atoms with van der Waals surface area (Å²) in [5.41, 5.74) is 1.26. The fourth-order valence-electron chi connectivity index (χ4n) is 2.85. The zero-order valence-corrected chi connectivity index (χ0v) is 11.3. The van der Waals surface area contributed by atoms with Crippen LogP contribution >= 0.6 is 0 Å². The minimum Gasteiger partial charge on any atom is -0.317 e. The second kappa shape index (κ2) is 5.67. The minimum absolute atomic E-state index is 0.521. The molecule has 0 bridgehead atoms. The maximum Gasteiger partial charge on any atom is 0.0628 e. The van der Waals surface area contributed by atoms with Gasteiger partial charge in [-0.1, -0.05) is 13.3 Å². The smallest absolute Gasteiger partial charge is 0.0628 e. The van der Waals surface area contributed by atoms with E-state index in [2.05, 4.69) is 43.2 Å². The van der Waals surface area contributed by atoms with Crippen molar-refractivity contribution in [3.05, 3.63) is 18.0 Å². The van der Waals surface area contributed by atoms with E-state index in [4.69, 9.17) is 5.10 Å². The first kappa shape index (κ1) is 12.6. The number of nitrogens with zero attached hydrogens (tertiary/aromatic N) is 2. The molecule has 3 atom stereocenters. The number of hydrogen-bond donors (Lipinski definition) is 1. The molecule has 1 heterocycles. The van der Waals surface area contributed by atoms with E-state index in [0.29, 0.717) is 12.1 Å². The van der Waals surface area contributed by atoms with Crippen LogP contribution in [-0.4, -0.2) is 22.9 Å². The highest BCUT2D eigenvalue weighted by molar-refractivity contribution is 5.03. The first-order valence-electron chi connectivity index (χ1n) is 6.96. The summed E-state index contributed by atoms with van der Waals surface area (Å²) in [6.07, 6.45) is 8.45. The topological polar surface area (TPSA) is 29.9 Å². The Labute approximate surface area is 105 Å². The summed E-state index contributed by atoms with van der Waals surface area (Å²) in [5, 5.41) is 8.14. The van der Waals surface area contributed by atoms with E-state index in [9.17, 15) is 0 Å². The lowest BCUT2D eigenvalue weighted by atomic mass is 9.98. The molecular weight excluding hydrogens is 210 g/mol. The van der Waals surface area contributed by atoms with Gasteiger partial charge in [0.1, 0.15) is 0 Å². The Morgan fingerprint density at radius 1 is 1.53 bits per heavy atom. The Balaban J connectivity index is 1.96. The van der Waals surface area contributed by atoms with Crippen molar-refractivity contribution in [1.29, 1.82) is 0 Å². The number of rotatable bonds is 5. The molecule has 1 aromatic heterocycles. The molecule has 1 aliphatic rings. The number of aromatic nitrogens is 2. The third-order valence-corrected chi connectivity index (χ3v) is 4.21. The summed E-state index contributed by atoms with van der Waals surface area (Å²) < 4.78 is 2.11. The van der Waals surface area contributed by atoms with Gasteiger partial charge in [-0.25, -0.2) is 0 Å². The minimum atomic E-state index is 0.521. The highest BCUT2D eigenvalue weighted by atomic mass is 15.3. The molecule has 1 N–H and O–H groups in total. The molecule has 0 aromatic carbocycles. The van der Waals surface area contributed by atoms with Crippen LogP contribution in [0.2, 0.25) is 0 Å². The Morgan fingerprint density at radius 3 is 3.06 bits per heavy atom. The van der Waals surface area contributed by atoms with E-state index in [-0.39, 0.29) is 0 Å². The van der Waals surface area contributed by atoms with Crippen LogP contribution in [0.4, 0.5) is 0 Å². The molecule has 1 saturated carbocycles. The first-order valence-corrected chi connectivity index (χ1v) is 6.96. The van der Waals surface area contributed by atoms with Crippen LogP contribution in [0.15, 0.2) is 12.3 Å². The van der Waals surface area contributed by atoms with E-state index < -0.39 is 0 Å². The second-order valence-corrected chi connectivity index (χ2v) is 5.33. The van der Waals surface area contributed by atoms with Gasteiger partial charge in [0.25, 0.3) is 0 Å². The molecule has 0 radical (unpaired) electrons. The standard InChI is InChI=1S/C14H25N3/c1-4-11(2)17-9-8-13(16-17)10-12-6-5-7-14(12)15-3/h8-9,11-12,14-15H,4-7,10H2,1-3H3. The molecule has 0 saturated heterocycles. The van der Waals surface area contributed by atoms with Gasteiger partial charge >= 0.3 is 0 Å². The van der Waals surface area contributed by atoms with Crippen molar-refractivity contribution in [2.45, 2.75) is 58.0 Å². The van der Waals surface area contributed by atoms with Crippen LogP contribution in [0.25, 0.3) is 0 Å². The normalized spacial score (nSPS) is 26.3. The quantitative estimate of drug-likeness (QED) is 0.850. The van der Waals surface area contributed by atoms with E-state index in [0.717, 1.165) is 18.8 Å². The Hall–Kier alpha value is -0.830. The number of nitrogens with one attached hydrogen (secondary N) is 1. The summed E-state index contributed by atoms with van der Waals surface area (Å²) in [4.78, 5) is 0. The monoisotopic (exact) mass is 235 g/mol. The molecule has 0 amide bonds.